The summed E-state index contributed by atoms with van der Waals surface area (Å²) in [5.74, 6) is 0.441. The molecule has 2 N–H and O–H groups in total. The third-order valence-electron chi connectivity index (χ3n) is 3.31. The zero-order valence-corrected chi connectivity index (χ0v) is 12.2. The van der Waals surface area contributed by atoms with E-state index in [9.17, 15) is 4.79 Å². The van der Waals surface area contributed by atoms with Crippen molar-refractivity contribution in [2.24, 2.45) is 0 Å². The van der Waals surface area contributed by atoms with Crippen molar-refractivity contribution < 1.29 is 9.53 Å². The molecule has 1 saturated carbocycles. The first-order chi connectivity index (χ1) is 9.74. The van der Waals surface area contributed by atoms with E-state index in [1.54, 1.807) is 0 Å². The molecule has 1 amide bonds. The van der Waals surface area contributed by atoms with Crippen LogP contribution in [0.3, 0.4) is 0 Å². The lowest BCUT2D eigenvalue weighted by atomic mass is 9.96. The first kappa shape index (κ1) is 14.8. The Labute approximate surface area is 124 Å². The number of nitrogens with one attached hydrogen (secondary N) is 2. The van der Waals surface area contributed by atoms with Crippen LogP contribution in [0.4, 0.5) is 0 Å². The van der Waals surface area contributed by atoms with Crippen LogP contribution in [0.5, 0.6) is 5.75 Å². The van der Waals surface area contributed by atoms with Crippen LogP contribution >= 0.6 is 12.2 Å². The second-order valence-corrected chi connectivity index (χ2v) is 5.37. The topological polar surface area (TPSA) is 50.4 Å². The highest BCUT2D eigenvalue weighted by atomic mass is 32.1. The Balaban J connectivity index is 1.67. The third-order valence-corrected chi connectivity index (χ3v) is 3.53. The maximum atomic E-state index is 11.7. The van der Waals surface area contributed by atoms with Crippen molar-refractivity contribution in [3.05, 3.63) is 30.3 Å². The summed E-state index contributed by atoms with van der Waals surface area (Å²) in [6.45, 7) is -0.0313. The molecule has 1 aliphatic rings. The lowest BCUT2D eigenvalue weighted by molar-refractivity contribution is -0.121. The standard InChI is InChI=1S/C15H20N2O2S/c18-14(11-19-13-9-5-2-6-10-13)17-15(20)16-12-7-3-1-4-8-12/h2,5-6,9-10,12H,1,3-4,7-8,11H2,(H2,16,17,18,20). The average molecular weight is 292 g/mol. The normalized spacial score (nSPS) is 15.4. The van der Waals surface area contributed by atoms with Gasteiger partial charge in [0, 0.05) is 6.04 Å². The van der Waals surface area contributed by atoms with Crippen molar-refractivity contribution in [2.75, 3.05) is 6.61 Å². The van der Waals surface area contributed by atoms with Gasteiger partial charge in [-0.05, 0) is 37.2 Å². The van der Waals surface area contributed by atoms with E-state index in [2.05, 4.69) is 10.6 Å². The number of carbonyl (C=O) groups is 1. The minimum absolute atomic E-state index is 0.0313. The van der Waals surface area contributed by atoms with E-state index >= 15 is 0 Å². The van der Waals surface area contributed by atoms with E-state index in [1.807, 2.05) is 30.3 Å². The molecule has 0 aliphatic heterocycles. The Morgan fingerprint density at radius 2 is 1.90 bits per heavy atom. The van der Waals surface area contributed by atoms with Crippen LogP contribution in [0.15, 0.2) is 30.3 Å². The highest BCUT2D eigenvalue weighted by molar-refractivity contribution is 7.80. The lowest BCUT2D eigenvalue weighted by Crippen LogP contribution is -2.46. The Morgan fingerprint density at radius 3 is 2.60 bits per heavy atom. The van der Waals surface area contributed by atoms with Crippen LogP contribution in [0, 0.1) is 0 Å². The van der Waals surface area contributed by atoms with Gasteiger partial charge in [0.05, 0.1) is 0 Å². The van der Waals surface area contributed by atoms with Crippen molar-refractivity contribution in [3.63, 3.8) is 0 Å². The van der Waals surface area contributed by atoms with Crippen molar-refractivity contribution in [3.8, 4) is 5.75 Å². The highest BCUT2D eigenvalue weighted by Crippen LogP contribution is 2.17. The Morgan fingerprint density at radius 1 is 1.20 bits per heavy atom. The summed E-state index contributed by atoms with van der Waals surface area (Å²) in [7, 11) is 0. The minimum Gasteiger partial charge on any atom is -0.484 e. The molecule has 1 aromatic carbocycles. The fourth-order valence-corrected chi connectivity index (χ4v) is 2.58. The van der Waals surface area contributed by atoms with Crippen LogP contribution in [0.2, 0.25) is 0 Å². The van der Waals surface area contributed by atoms with Gasteiger partial charge in [-0.15, -0.1) is 0 Å². The minimum atomic E-state index is -0.234. The van der Waals surface area contributed by atoms with Gasteiger partial charge in [-0.3, -0.25) is 4.79 Å². The van der Waals surface area contributed by atoms with Gasteiger partial charge in [0.1, 0.15) is 5.75 Å². The fourth-order valence-electron chi connectivity index (χ4n) is 2.30. The van der Waals surface area contributed by atoms with Crippen molar-refractivity contribution in [2.45, 2.75) is 38.1 Å². The monoisotopic (exact) mass is 292 g/mol. The van der Waals surface area contributed by atoms with E-state index in [0.717, 1.165) is 12.8 Å². The average Bonchev–Trinajstić information content (AvgIpc) is 2.47. The highest BCUT2D eigenvalue weighted by Gasteiger charge is 2.15. The van der Waals surface area contributed by atoms with Gasteiger partial charge in [0.25, 0.3) is 5.91 Å². The number of carbonyl (C=O) groups excluding carboxylic acids is 1. The summed E-state index contributed by atoms with van der Waals surface area (Å²) in [6.07, 6.45) is 5.99. The largest absolute Gasteiger partial charge is 0.484 e. The number of benzene rings is 1. The number of thiocarbonyl (C=S) groups is 1. The van der Waals surface area contributed by atoms with Crippen LogP contribution in [-0.4, -0.2) is 23.7 Å². The van der Waals surface area contributed by atoms with Gasteiger partial charge in [-0.25, -0.2) is 0 Å². The maximum Gasteiger partial charge on any atom is 0.264 e. The summed E-state index contributed by atoms with van der Waals surface area (Å²) in [4.78, 5) is 11.7. The maximum absolute atomic E-state index is 11.7. The molecule has 5 heteroatoms. The molecule has 0 saturated heterocycles. The number of rotatable bonds is 4. The first-order valence-corrected chi connectivity index (χ1v) is 7.43. The van der Waals surface area contributed by atoms with Gasteiger partial charge in [-0.1, -0.05) is 37.5 Å². The quantitative estimate of drug-likeness (QED) is 0.837. The molecule has 108 valence electrons. The summed E-state index contributed by atoms with van der Waals surface area (Å²) >= 11 is 5.14. The molecule has 0 heterocycles. The number of ether oxygens (including phenoxy) is 1. The van der Waals surface area contributed by atoms with Gasteiger partial charge < -0.3 is 15.4 Å². The molecule has 1 fully saturated rings. The van der Waals surface area contributed by atoms with E-state index in [1.165, 1.54) is 19.3 Å². The second kappa shape index (κ2) is 7.85. The van der Waals surface area contributed by atoms with Gasteiger partial charge in [0.2, 0.25) is 0 Å². The van der Waals surface area contributed by atoms with Gasteiger partial charge >= 0.3 is 0 Å². The molecule has 0 unspecified atom stereocenters. The van der Waals surface area contributed by atoms with Crippen LogP contribution in [0.25, 0.3) is 0 Å². The zero-order valence-electron chi connectivity index (χ0n) is 11.4. The number of hydrogen-bond acceptors (Lipinski definition) is 3. The van der Waals surface area contributed by atoms with Crippen LogP contribution in [-0.2, 0) is 4.79 Å². The molecule has 0 bridgehead atoms. The second-order valence-electron chi connectivity index (χ2n) is 4.96. The number of para-hydroxylation sites is 1. The van der Waals surface area contributed by atoms with E-state index in [0.29, 0.717) is 16.9 Å². The van der Waals surface area contributed by atoms with Crippen molar-refractivity contribution in [1.29, 1.82) is 0 Å². The Bertz CT molecular complexity index is 444. The molecular weight excluding hydrogens is 272 g/mol. The summed E-state index contributed by atoms with van der Waals surface area (Å²) in [5.41, 5.74) is 0. The van der Waals surface area contributed by atoms with E-state index < -0.39 is 0 Å². The molecule has 20 heavy (non-hydrogen) atoms. The molecule has 1 aliphatic carbocycles. The van der Waals surface area contributed by atoms with Crippen molar-refractivity contribution in [1.82, 2.24) is 10.6 Å². The van der Waals surface area contributed by atoms with Crippen LogP contribution in [0.1, 0.15) is 32.1 Å². The van der Waals surface area contributed by atoms with Crippen LogP contribution < -0.4 is 15.4 Å². The third kappa shape index (κ3) is 5.17. The van der Waals surface area contributed by atoms with E-state index in [4.69, 9.17) is 17.0 Å². The number of amides is 1. The molecule has 0 radical (unpaired) electrons. The molecule has 4 nitrogen and oxygen atoms in total. The summed E-state index contributed by atoms with van der Waals surface area (Å²) < 4.78 is 5.36. The molecule has 0 atom stereocenters. The fraction of sp³-hybridized carbons (Fsp3) is 0.467. The molecule has 0 spiro atoms. The Hall–Kier alpha value is -1.62. The SMILES string of the molecule is O=C(COc1ccccc1)NC(=S)NC1CCCCC1. The molecular formula is C15H20N2O2S. The van der Waals surface area contributed by atoms with E-state index in [-0.39, 0.29) is 12.5 Å². The van der Waals surface area contributed by atoms with Crippen molar-refractivity contribution >= 4 is 23.2 Å². The number of hydrogen-bond donors (Lipinski definition) is 2. The smallest absolute Gasteiger partial charge is 0.264 e. The summed E-state index contributed by atoms with van der Waals surface area (Å²) in [6, 6.07) is 9.64. The predicted molar refractivity (Wildman–Crippen MR) is 82.7 cm³/mol. The van der Waals surface area contributed by atoms with Gasteiger partial charge in [-0.2, -0.15) is 0 Å². The van der Waals surface area contributed by atoms with Gasteiger partial charge in [0.15, 0.2) is 11.7 Å². The predicted octanol–water partition coefficient (Wildman–Crippen LogP) is 2.39. The lowest BCUT2D eigenvalue weighted by Gasteiger charge is -2.24. The first-order valence-electron chi connectivity index (χ1n) is 7.02. The molecule has 0 aromatic heterocycles. The summed E-state index contributed by atoms with van der Waals surface area (Å²) in [5, 5.41) is 6.25. The Kier molecular flexibility index (Phi) is 5.80. The zero-order chi connectivity index (χ0) is 14.2. The molecule has 1 aromatic rings. The molecule has 2 rings (SSSR count).